The minimum Gasteiger partial charge on any atom is -0.448 e. The van der Waals surface area contributed by atoms with Crippen molar-refractivity contribution in [1.29, 1.82) is 0 Å². The van der Waals surface area contributed by atoms with Gasteiger partial charge < -0.3 is 19.6 Å². The summed E-state index contributed by atoms with van der Waals surface area (Å²) in [7, 11) is 0. The highest BCUT2D eigenvalue weighted by Crippen LogP contribution is 2.48. The third kappa shape index (κ3) is 11.2. The Morgan fingerprint density at radius 2 is 1.38 bits per heavy atom. The number of oxime groups is 1. The first-order valence-corrected chi connectivity index (χ1v) is 26.0. The highest BCUT2D eigenvalue weighted by atomic mass is 32.2. The maximum absolute atomic E-state index is 15.3. The third-order valence-electron chi connectivity index (χ3n) is 10.9. The fourth-order valence-electron chi connectivity index (χ4n) is 7.79. The van der Waals surface area contributed by atoms with E-state index in [1.54, 1.807) is 26.2 Å². The Bertz CT molecular complexity index is 2900. The van der Waals surface area contributed by atoms with Gasteiger partial charge in [-0.1, -0.05) is 169 Å². The number of anilines is 1. The standard InChI is InChI=1S/C51H45N9O7S4/c1-50(2,3)66-49(64)54-47-52-37(30-68-47)40(57-67-51(34-23-13-6-14-24-34,35-25-15-7-16-26-35)36-27-17-8-18-28-36)44(62)53-45-43(69-31-70-48-55-58-59-56-48)41(60-38(61)29-39(60)71-45)46(63)65-42(32-19-9-4-10-20-32)33-21-11-5-12-22-33/h4-28,30,39,42,45H,29,31H2,1-3H3,(H,53,62)(H,52,54,64)(H,55,56,58,59)/b57-40-/t39-,45?/m1/s1. The summed E-state index contributed by atoms with van der Waals surface area (Å²) in [6.07, 6.45) is -1.47. The summed E-state index contributed by atoms with van der Waals surface area (Å²) in [4.78, 5) is 70.0. The van der Waals surface area contributed by atoms with E-state index in [0.717, 1.165) is 39.2 Å². The van der Waals surface area contributed by atoms with Crippen molar-refractivity contribution in [2.75, 3.05) is 10.4 Å². The van der Waals surface area contributed by atoms with E-state index in [1.807, 2.05) is 152 Å². The summed E-state index contributed by atoms with van der Waals surface area (Å²) in [5.41, 5.74) is 1.23. The van der Waals surface area contributed by atoms with Crippen molar-refractivity contribution >= 4 is 81.3 Å². The lowest BCUT2D eigenvalue weighted by molar-refractivity contribution is -0.151. The zero-order valence-electron chi connectivity index (χ0n) is 38.3. The number of aromatic amines is 1. The Kier molecular flexibility index (Phi) is 15.0. The van der Waals surface area contributed by atoms with Crippen LogP contribution in [0.1, 0.15) is 66.8 Å². The van der Waals surface area contributed by atoms with Crippen molar-refractivity contribution in [2.24, 2.45) is 5.16 Å². The van der Waals surface area contributed by atoms with Crippen LogP contribution in [-0.2, 0) is 34.3 Å². The number of hydrogen-bond donors (Lipinski definition) is 3. The molecule has 20 heteroatoms. The Morgan fingerprint density at radius 3 is 1.90 bits per heavy atom. The number of benzene rings is 5. The van der Waals surface area contributed by atoms with Gasteiger partial charge in [0.1, 0.15) is 22.4 Å². The van der Waals surface area contributed by atoms with Crippen molar-refractivity contribution < 1.29 is 33.5 Å². The molecule has 0 saturated carbocycles. The molecule has 0 bridgehead atoms. The Morgan fingerprint density at radius 1 is 0.817 bits per heavy atom. The predicted molar refractivity (Wildman–Crippen MR) is 274 cm³/mol. The minimum absolute atomic E-state index is 0.00521. The molecule has 2 atom stereocenters. The monoisotopic (exact) mass is 1020 g/mol. The fraction of sp³-hybridized carbons (Fsp3) is 0.196. The molecule has 3 N–H and O–H groups in total. The zero-order chi connectivity index (χ0) is 49.4. The van der Waals surface area contributed by atoms with Crippen LogP contribution in [0.4, 0.5) is 9.93 Å². The van der Waals surface area contributed by atoms with E-state index in [2.05, 4.69) is 36.2 Å². The zero-order valence-corrected chi connectivity index (χ0v) is 41.6. The quantitative estimate of drug-likeness (QED) is 0.0148. The highest BCUT2D eigenvalue weighted by molar-refractivity contribution is 8.18. The number of aromatic nitrogens is 5. The Balaban J connectivity index is 1.14. The Hall–Kier alpha value is -7.26. The van der Waals surface area contributed by atoms with E-state index in [-0.39, 0.29) is 39.6 Å². The van der Waals surface area contributed by atoms with Crippen LogP contribution in [0.2, 0.25) is 0 Å². The number of nitrogens with one attached hydrogen (secondary N) is 3. The number of thioether (sulfide) groups is 3. The molecule has 16 nitrogen and oxygen atoms in total. The van der Waals surface area contributed by atoms with Crippen molar-refractivity contribution in [3.8, 4) is 0 Å². The molecule has 360 valence electrons. The maximum atomic E-state index is 15.3. The molecule has 2 aliphatic heterocycles. The van der Waals surface area contributed by atoms with Crippen molar-refractivity contribution in [3.63, 3.8) is 0 Å². The first-order chi connectivity index (χ1) is 34.5. The van der Waals surface area contributed by atoms with Gasteiger partial charge in [0.05, 0.1) is 16.9 Å². The van der Waals surface area contributed by atoms with Gasteiger partial charge in [0.15, 0.2) is 16.9 Å². The summed E-state index contributed by atoms with van der Waals surface area (Å²) in [5, 5.41) is 25.6. The molecule has 1 saturated heterocycles. The predicted octanol–water partition coefficient (Wildman–Crippen LogP) is 9.49. The molecule has 0 spiro atoms. The van der Waals surface area contributed by atoms with Gasteiger partial charge in [-0.25, -0.2) is 14.6 Å². The molecule has 5 aromatic carbocycles. The molecule has 0 radical (unpaired) electrons. The molecule has 7 aromatic rings. The topological polar surface area (TPSA) is 203 Å². The van der Waals surface area contributed by atoms with Crippen LogP contribution < -0.4 is 10.6 Å². The smallest absolute Gasteiger partial charge is 0.413 e. The Labute approximate surface area is 425 Å². The van der Waals surface area contributed by atoms with Gasteiger partial charge in [0.2, 0.25) is 16.7 Å². The first kappa shape index (κ1) is 48.8. The minimum atomic E-state index is -1.40. The second-order valence-electron chi connectivity index (χ2n) is 16.8. The highest BCUT2D eigenvalue weighted by Gasteiger charge is 2.50. The molecule has 1 fully saturated rings. The SMILES string of the molecule is CC(C)(C)OC(=O)Nc1nc(/C(=N/OC(c2ccccc2)(c2ccccc2)c2ccccc2)C(=O)NC2S[C@@H]3CC(=O)N3C(C(=O)OC(c3ccccc3)c3ccccc3)=C2SCSc2nn[nH]n2)cs1. The number of fused-ring (bicyclic) bond motifs is 1. The maximum Gasteiger partial charge on any atom is 0.413 e. The number of ether oxygens (including phenoxy) is 2. The van der Waals surface area contributed by atoms with E-state index >= 15 is 4.79 Å². The van der Waals surface area contributed by atoms with Crippen molar-refractivity contribution in [1.82, 2.24) is 35.8 Å². The molecule has 71 heavy (non-hydrogen) atoms. The number of esters is 1. The van der Waals surface area contributed by atoms with Gasteiger partial charge in [0.25, 0.3) is 5.91 Å². The van der Waals surface area contributed by atoms with Gasteiger partial charge >= 0.3 is 12.1 Å². The summed E-state index contributed by atoms with van der Waals surface area (Å²) in [5.74, 6) is -1.77. The number of hydrogen-bond acceptors (Lipinski definition) is 16. The van der Waals surface area contributed by atoms with Gasteiger partial charge in [-0.15, -0.1) is 45.1 Å². The van der Waals surface area contributed by atoms with Crippen LogP contribution in [0.25, 0.3) is 0 Å². The molecule has 0 aliphatic carbocycles. The van der Waals surface area contributed by atoms with Gasteiger partial charge in [-0.2, -0.15) is 5.21 Å². The summed E-state index contributed by atoms with van der Waals surface area (Å²) in [6.45, 7) is 5.23. The van der Waals surface area contributed by atoms with Crippen LogP contribution in [-0.4, -0.2) is 81.5 Å². The van der Waals surface area contributed by atoms with E-state index < -0.39 is 46.0 Å². The molecule has 1 unspecified atom stereocenters. The van der Waals surface area contributed by atoms with E-state index in [0.29, 0.717) is 10.1 Å². The largest absolute Gasteiger partial charge is 0.448 e. The van der Waals surface area contributed by atoms with Gasteiger partial charge in [-0.3, -0.25) is 19.8 Å². The number of H-pyrrole nitrogens is 1. The molecule has 2 aliphatic rings. The number of tetrazole rings is 1. The molecular weight excluding hydrogens is 979 g/mol. The van der Waals surface area contributed by atoms with Crippen molar-refractivity contribution in [2.45, 2.75) is 60.4 Å². The molecule has 2 aromatic heterocycles. The van der Waals surface area contributed by atoms with Crippen LogP contribution in [0.5, 0.6) is 0 Å². The molecule has 4 heterocycles. The summed E-state index contributed by atoms with van der Waals surface area (Å²) < 4.78 is 11.9. The number of amides is 3. The number of carbonyl (C=O) groups excluding carboxylic acids is 4. The summed E-state index contributed by atoms with van der Waals surface area (Å²) in [6, 6.07) is 47.3. The molecule has 3 amide bonds. The van der Waals surface area contributed by atoms with E-state index in [1.165, 1.54) is 40.2 Å². The van der Waals surface area contributed by atoms with E-state index in [4.69, 9.17) is 19.5 Å². The molecular formula is C51H45N9O7S4. The van der Waals surface area contributed by atoms with Gasteiger partial charge in [-0.05, 0) is 37.1 Å². The second kappa shape index (κ2) is 21.8. The van der Waals surface area contributed by atoms with E-state index in [9.17, 15) is 14.4 Å². The number of nitrogens with zero attached hydrogens (tertiary/aromatic N) is 6. The normalized spacial score (nSPS) is 15.9. The number of β-lactam (4-membered cyclic amide) rings is 1. The lowest BCUT2D eigenvalue weighted by atomic mass is 9.80. The lowest BCUT2D eigenvalue weighted by Gasteiger charge is -2.47. The van der Waals surface area contributed by atoms with Gasteiger partial charge in [0, 0.05) is 27.0 Å². The second-order valence-corrected chi connectivity index (χ2v) is 21.3. The molecule has 9 rings (SSSR count). The van der Waals surface area contributed by atoms with Crippen LogP contribution >= 0.6 is 46.6 Å². The third-order valence-corrected chi connectivity index (χ3v) is 15.2. The number of carbonyl (C=O) groups is 4. The average Bonchev–Trinajstić information content (AvgIpc) is 4.08. The van der Waals surface area contributed by atoms with Crippen molar-refractivity contribution in [3.05, 3.63) is 201 Å². The van der Waals surface area contributed by atoms with Crippen LogP contribution in [0.15, 0.2) is 178 Å². The summed E-state index contributed by atoms with van der Waals surface area (Å²) >= 11 is 4.81. The first-order valence-electron chi connectivity index (χ1n) is 22.2. The average molecular weight is 1020 g/mol. The van der Waals surface area contributed by atoms with Crippen LogP contribution in [0, 0.1) is 0 Å². The fourth-order valence-corrected chi connectivity index (χ4v) is 12.0. The lowest BCUT2D eigenvalue weighted by Crippen LogP contribution is -2.57. The van der Waals surface area contributed by atoms with Crippen LogP contribution in [0.3, 0.4) is 0 Å². The number of thiazole rings is 1. The number of rotatable bonds is 17.